The van der Waals surface area contributed by atoms with Crippen molar-refractivity contribution < 1.29 is 9.53 Å². The summed E-state index contributed by atoms with van der Waals surface area (Å²) in [6, 6.07) is 10.9. The van der Waals surface area contributed by atoms with Gasteiger partial charge in [0.1, 0.15) is 0 Å². The molecule has 2 saturated heterocycles. The van der Waals surface area contributed by atoms with Crippen LogP contribution < -0.4 is 11.0 Å². The van der Waals surface area contributed by atoms with E-state index in [0.29, 0.717) is 31.2 Å². The van der Waals surface area contributed by atoms with Crippen LogP contribution in [-0.2, 0) is 9.53 Å². The third kappa shape index (κ3) is 6.08. The number of anilines is 1. The van der Waals surface area contributed by atoms with Gasteiger partial charge in [-0.15, -0.1) is 0 Å². The number of carbonyl (C=O) groups excluding carboxylic acids is 1. The molecule has 1 aliphatic carbocycles. The second-order valence-corrected chi connectivity index (χ2v) is 11.7. The van der Waals surface area contributed by atoms with E-state index in [-0.39, 0.29) is 17.6 Å². The number of rotatable bonds is 6. The van der Waals surface area contributed by atoms with E-state index in [9.17, 15) is 9.59 Å². The van der Waals surface area contributed by atoms with E-state index in [1.54, 1.807) is 17.7 Å². The maximum absolute atomic E-state index is 13.8. The predicted octanol–water partition coefficient (Wildman–Crippen LogP) is 3.64. The first-order valence-corrected chi connectivity index (χ1v) is 15.0. The number of aryl methyl sites for hydroxylation is 1. The average molecular weight is 560 g/mol. The van der Waals surface area contributed by atoms with Crippen LogP contribution in [0, 0.1) is 6.92 Å². The topological polar surface area (TPSA) is 97.5 Å². The van der Waals surface area contributed by atoms with Gasteiger partial charge in [-0.25, -0.2) is 14.8 Å². The number of nitrogens with one attached hydrogen (secondary N) is 1. The van der Waals surface area contributed by atoms with Gasteiger partial charge < -0.3 is 15.0 Å². The third-order valence-electron chi connectivity index (χ3n) is 8.98. The Morgan fingerprint density at radius 3 is 2.44 bits per heavy atom. The van der Waals surface area contributed by atoms with E-state index in [2.05, 4.69) is 15.2 Å². The second-order valence-electron chi connectivity index (χ2n) is 11.7. The fraction of sp³-hybridized carbons (Fsp3) is 0.548. The zero-order valence-electron chi connectivity index (χ0n) is 24.2. The number of benzene rings is 1. The zero-order chi connectivity index (χ0) is 28.3. The third-order valence-corrected chi connectivity index (χ3v) is 8.98. The monoisotopic (exact) mass is 559 g/mol. The van der Waals surface area contributed by atoms with Gasteiger partial charge in [-0.3, -0.25) is 18.8 Å². The summed E-state index contributed by atoms with van der Waals surface area (Å²) in [4.78, 5) is 39.4. The molecule has 3 aliphatic rings. The Bertz CT molecular complexity index is 1410. The fourth-order valence-corrected chi connectivity index (χ4v) is 6.63. The average Bonchev–Trinajstić information content (AvgIpc) is 3.35. The van der Waals surface area contributed by atoms with E-state index >= 15 is 0 Å². The Hall–Kier alpha value is -3.50. The summed E-state index contributed by atoms with van der Waals surface area (Å²) < 4.78 is 9.21. The summed E-state index contributed by atoms with van der Waals surface area (Å²) >= 11 is 0. The summed E-state index contributed by atoms with van der Waals surface area (Å²) in [5.41, 5.74) is 3.38. The molecular formula is C31H41N7O3. The highest BCUT2D eigenvalue weighted by Crippen LogP contribution is 2.28. The molecule has 41 heavy (non-hydrogen) atoms. The van der Waals surface area contributed by atoms with Crippen LogP contribution in [0.5, 0.6) is 0 Å². The van der Waals surface area contributed by atoms with Crippen LogP contribution in [0.2, 0.25) is 0 Å². The zero-order valence-corrected chi connectivity index (χ0v) is 24.2. The minimum atomic E-state index is -0.0481. The summed E-state index contributed by atoms with van der Waals surface area (Å²) in [6.45, 7) is 8.62. The van der Waals surface area contributed by atoms with Gasteiger partial charge in [0.25, 0.3) is 0 Å². The van der Waals surface area contributed by atoms with Crippen molar-refractivity contribution in [3.05, 3.63) is 58.8 Å². The maximum atomic E-state index is 13.8. The molecule has 1 N–H and O–H groups in total. The van der Waals surface area contributed by atoms with Crippen molar-refractivity contribution in [2.45, 2.75) is 70.5 Å². The molecule has 3 aromatic rings. The van der Waals surface area contributed by atoms with Crippen LogP contribution in [0.25, 0.3) is 17.1 Å². The lowest BCUT2D eigenvalue weighted by Gasteiger charge is -2.41. The number of piperazine rings is 1. The smallest absolute Gasteiger partial charge is 0.333 e. The van der Waals surface area contributed by atoms with Crippen LogP contribution in [0.1, 0.15) is 57.1 Å². The van der Waals surface area contributed by atoms with Crippen LogP contribution in [0.15, 0.2) is 47.5 Å². The van der Waals surface area contributed by atoms with E-state index < -0.39 is 0 Å². The van der Waals surface area contributed by atoms with Crippen molar-refractivity contribution in [1.29, 1.82) is 0 Å². The summed E-state index contributed by atoms with van der Waals surface area (Å²) in [5.74, 6) is 0.777. The molecule has 1 amide bonds. The first kappa shape index (κ1) is 27.7. The molecule has 2 aromatic heterocycles. The Morgan fingerprint density at radius 2 is 1.73 bits per heavy atom. The summed E-state index contributed by atoms with van der Waals surface area (Å²) in [7, 11) is 0. The Kier molecular flexibility index (Phi) is 8.20. The lowest BCUT2D eigenvalue weighted by molar-refractivity contribution is -0.131. The molecule has 0 radical (unpaired) electrons. The number of aromatic nitrogens is 4. The van der Waals surface area contributed by atoms with E-state index in [0.717, 1.165) is 87.3 Å². The number of amides is 1. The molecule has 4 heterocycles. The SMILES string of the molecule is CC(=O)N1CCN([C@H]2CC[C@H](Nc3nccc(-c4cn(C5CCOCC5)c(=O)n4-c4cccc(C)c4)n3)CC2)CC1. The number of hydrogen-bond donors (Lipinski definition) is 1. The highest BCUT2D eigenvalue weighted by Gasteiger charge is 2.29. The Labute approximate surface area is 241 Å². The van der Waals surface area contributed by atoms with E-state index in [1.807, 2.05) is 52.9 Å². The first-order chi connectivity index (χ1) is 20.0. The molecule has 3 fully saturated rings. The number of hydrogen-bond acceptors (Lipinski definition) is 7. The second kappa shape index (κ2) is 12.2. The van der Waals surface area contributed by atoms with Crippen LogP contribution >= 0.6 is 0 Å². The van der Waals surface area contributed by atoms with Crippen LogP contribution in [0.3, 0.4) is 0 Å². The normalized spacial score (nSPS) is 22.5. The molecule has 1 saturated carbocycles. The molecule has 218 valence electrons. The van der Waals surface area contributed by atoms with Gasteiger partial charge >= 0.3 is 5.69 Å². The van der Waals surface area contributed by atoms with Gasteiger partial charge in [-0.2, -0.15) is 0 Å². The highest BCUT2D eigenvalue weighted by atomic mass is 16.5. The van der Waals surface area contributed by atoms with Crippen molar-refractivity contribution in [3.8, 4) is 17.1 Å². The summed E-state index contributed by atoms with van der Waals surface area (Å²) in [5, 5.41) is 3.59. The van der Waals surface area contributed by atoms with E-state index in [1.165, 1.54) is 0 Å². The van der Waals surface area contributed by atoms with Gasteiger partial charge in [0.15, 0.2) is 0 Å². The number of imidazole rings is 1. The fourth-order valence-electron chi connectivity index (χ4n) is 6.63. The molecule has 1 aromatic carbocycles. The van der Waals surface area contributed by atoms with Crippen molar-refractivity contribution >= 4 is 11.9 Å². The van der Waals surface area contributed by atoms with Crippen molar-refractivity contribution in [1.82, 2.24) is 28.9 Å². The van der Waals surface area contributed by atoms with Crippen LogP contribution in [0.4, 0.5) is 5.95 Å². The maximum Gasteiger partial charge on any atom is 0.333 e. The molecule has 2 aliphatic heterocycles. The lowest BCUT2D eigenvalue weighted by atomic mass is 9.90. The largest absolute Gasteiger partial charge is 0.381 e. The molecule has 0 unspecified atom stereocenters. The van der Waals surface area contributed by atoms with Gasteiger partial charge in [-0.05, 0) is 69.2 Å². The van der Waals surface area contributed by atoms with Crippen LogP contribution in [-0.4, -0.2) is 86.3 Å². The molecule has 10 heteroatoms. The van der Waals surface area contributed by atoms with Crippen molar-refractivity contribution in [2.24, 2.45) is 0 Å². The lowest BCUT2D eigenvalue weighted by Crippen LogP contribution is -2.52. The van der Waals surface area contributed by atoms with Gasteiger partial charge in [0.2, 0.25) is 11.9 Å². The molecular weight excluding hydrogens is 518 g/mol. The molecule has 6 rings (SSSR count). The minimum Gasteiger partial charge on any atom is -0.381 e. The quantitative estimate of drug-likeness (QED) is 0.493. The molecule has 0 spiro atoms. The number of ether oxygens (including phenoxy) is 1. The molecule has 0 atom stereocenters. The van der Waals surface area contributed by atoms with Crippen molar-refractivity contribution in [2.75, 3.05) is 44.7 Å². The van der Waals surface area contributed by atoms with Gasteiger partial charge in [-0.1, -0.05) is 12.1 Å². The van der Waals surface area contributed by atoms with Crippen molar-refractivity contribution in [3.63, 3.8) is 0 Å². The van der Waals surface area contributed by atoms with Gasteiger partial charge in [0, 0.05) is 76.8 Å². The predicted molar refractivity (Wildman–Crippen MR) is 158 cm³/mol. The standard InChI is InChI=1S/C31H41N7O3/c1-22-4-3-5-27(20-22)38-29(21-37(31(38)40)26-11-18-41-19-12-26)28-10-13-32-30(34-28)33-24-6-8-25(9-7-24)36-16-14-35(15-17-36)23(2)39/h3-5,10,13,20-21,24-26H,6-9,11-12,14-19H2,1-2H3,(H,32,33,34)/t24-,25-. The van der Waals surface area contributed by atoms with E-state index in [4.69, 9.17) is 9.72 Å². The Morgan fingerprint density at radius 1 is 0.976 bits per heavy atom. The number of nitrogens with zero attached hydrogens (tertiary/aromatic N) is 6. The van der Waals surface area contributed by atoms with Gasteiger partial charge in [0.05, 0.1) is 17.1 Å². The highest BCUT2D eigenvalue weighted by molar-refractivity contribution is 5.73. The first-order valence-electron chi connectivity index (χ1n) is 15.0. The Balaban J connectivity index is 1.18. The molecule has 0 bridgehead atoms. The minimum absolute atomic E-state index is 0.0481. The summed E-state index contributed by atoms with van der Waals surface area (Å²) in [6.07, 6.45) is 9.74. The molecule has 10 nitrogen and oxygen atoms in total. The number of carbonyl (C=O) groups is 1.